The highest BCUT2D eigenvalue weighted by molar-refractivity contribution is 5.34. The van der Waals surface area contributed by atoms with Crippen molar-refractivity contribution in [2.75, 3.05) is 6.61 Å². The van der Waals surface area contributed by atoms with E-state index in [4.69, 9.17) is 4.74 Å². The van der Waals surface area contributed by atoms with Crippen LogP contribution in [0.1, 0.15) is 98.4 Å². The second-order valence-corrected chi connectivity index (χ2v) is 11.1. The van der Waals surface area contributed by atoms with Gasteiger partial charge in [0.05, 0.1) is 6.61 Å². The Kier molecular flexibility index (Phi) is 11.2. The van der Waals surface area contributed by atoms with Crippen molar-refractivity contribution in [1.82, 2.24) is 0 Å². The molecule has 0 heterocycles. The Labute approximate surface area is 244 Å². The molecule has 0 radical (unpaired) electrons. The molecule has 3 aromatic carbocycles. The molecule has 0 aromatic heterocycles. The summed E-state index contributed by atoms with van der Waals surface area (Å²) in [6.45, 7) is 4.12. The smallest absolute Gasteiger partial charge is 0.200 e. The second kappa shape index (κ2) is 14.8. The van der Waals surface area contributed by atoms with E-state index in [0.29, 0.717) is 49.7 Å². The van der Waals surface area contributed by atoms with Gasteiger partial charge in [-0.3, -0.25) is 0 Å². The molecule has 0 spiro atoms. The molecule has 0 bridgehead atoms. The third kappa shape index (κ3) is 7.22. The molecule has 0 amide bonds. The number of benzene rings is 3. The molecule has 1 aliphatic rings. The lowest BCUT2D eigenvalue weighted by Crippen LogP contribution is -2.16. The van der Waals surface area contributed by atoms with Crippen molar-refractivity contribution in [3.63, 3.8) is 0 Å². The summed E-state index contributed by atoms with van der Waals surface area (Å²) in [6.07, 6.45) is 8.50. The van der Waals surface area contributed by atoms with Gasteiger partial charge >= 0.3 is 0 Å². The zero-order valence-corrected chi connectivity index (χ0v) is 24.2. The molecule has 0 saturated heterocycles. The van der Waals surface area contributed by atoms with Crippen molar-refractivity contribution in [2.24, 2.45) is 0 Å². The van der Waals surface area contributed by atoms with E-state index < -0.39 is 34.9 Å². The number of aryl methyl sites for hydroxylation is 3. The van der Waals surface area contributed by atoms with Gasteiger partial charge in [-0.15, -0.1) is 0 Å². The van der Waals surface area contributed by atoms with Crippen LogP contribution in [0.3, 0.4) is 0 Å². The highest BCUT2D eigenvalue weighted by atomic mass is 19.2. The number of rotatable bonds is 12. The van der Waals surface area contributed by atoms with Crippen LogP contribution in [0.4, 0.5) is 26.3 Å². The van der Waals surface area contributed by atoms with Crippen LogP contribution in [0.5, 0.6) is 5.75 Å². The van der Waals surface area contributed by atoms with Crippen LogP contribution in [0.25, 0.3) is 0 Å². The zero-order chi connectivity index (χ0) is 30.2. The number of ether oxygens (including phenoxy) is 1. The van der Waals surface area contributed by atoms with Crippen LogP contribution in [0.2, 0.25) is 0 Å². The van der Waals surface area contributed by atoms with Crippen molar-refractivity contribution in [3.05, 3.63) is 111 Å². The van der Waals surface area contributed by atoms with Gasteiger partial charge in [0.25, 0.3) is 0 Å². The summed E-state index contributed by atoms with van der Waals surface area (Å²) in [5, 5.41) is 0. The molecular weight excluding hydrogens is 550 g/mol. The molecule has 1 saturated carbocycles. The minimum absolute atomic E-state index is 0.00224. The van der Waals surface area contributed by atoms with Crippen molar-refractivity contribution in [1.29, 1.82) is 0 Å². The lowest BCUT2D eigenvalue weighted by atomic mass is 9.75. The summed E-state index contributed by atoms with van der Waals surface area (Å²) in [5.41, 5.74) is 1.09. The number of halogens is 6. The fraction of sp³-hybridized carbons (Fsp3) is 0.429. The van der Waals surface area contributed by atoms with Gasteiger partial charge in [-0.2, -0.15) is 4.39 Å². The van der Waals surface area contributed by atoms with Gasteiger partial charge in [0.1, 0.15) is 0 Å². The highest BCUT2D eigenvalue weighted by Gasteiger charge is 2.29. The van der Waals surface area contributed by atoms with Crippen molar-refractivity contribution in [3.8, 4) is 5.75 Å². The topological polar surface area (TPSA) is 9.23 Å². The lowest BCUT2D eigenvalue weighted by Gasteiger charge is -2.30. The third-order valence-electron chi connectivity index (χ3n) is 8.35. The van der Waals surface area contributed by atoms with Crippen LogP contribution < -0.4 is 4.74 Å². The molecule has 226 valence electrons. The van der Waals surface area contributed by atoms with E-state index in [1.165, 1.54) is 18.2 Å². The highest BCUT2D eigenvalue weighted by Crippen LogP contribution is 2.43. The Bertz CT molecular complexity index is 1390. The number of hydrogen-bond donors (Lipinski definition) is 0. The molecule has 0 N–H and O–H groups in total. The maximum absolute atomic E-state index is 15.2. The van der Waals surface area contributed by atoms with E-state index in [9.17, 15) is 17.6 Å². The summed E-state index contributed by atoms with van der Waals surface area (Å²) in [5.74, 6) is -6.26. The minimum Gasteiger partial charge on any atom is -0.490 e. The van der Waals surface area contributed by atoms with Crippen LogP contribution in [0.15, 0.2) is 48.6 Å². The van der Waals surface area contributed by atoms with Gasteiger partial charge in [0.15, 0.2) is 34.8 Å². The van der Waals surface area contributed by atoms with Crippen LogP contribution >= 0.6 is 0 Å². The fourth-order valence-electron chi connectivity index (χ4n) is 5.82. The molecule has 0 aliphatic heterocycles. The molecule has 1 fully saturated rings. The predicted octanol–water partition coefficient (Wildman–Crippen LogP) is 10.4. The van der Waals surface area contributed by atoms with E-state index in [-0.39, 0.29) is 53.7 Å². The first kappa shape index (κ1) is 31.7. The summed E-state index contributed by atoms with van der Waals surface area (Å²) in [4.78, 5) is 0. The Morgan fingerprint density at radius 2 is 1.12 bits per heavy atom. The van der Waals surface area contributed by atoms with Gasteiger partial charge in [0.2, 0.25) is 5.82 Å². The average molecular weight is 589 g/mol. The Morgan fingerprint density at radius 1 is 0.643 bits per heavy atom. The lowest BCUT2D eigenvalue weighted by molar-refractivity contribution is 0.288. The Hall–Kier alpha value is -3.22. The predicted molar refractivity (Wildman–Crippen MR) is 154 cm³/mol. The molecular formula is C35H38F6O. The summed E-state index contributed by atoms with van der Waals surface area (Å²) >= 11 is 0. The quantitative estimate of drug-likeness (QED) is 0.116. The molecule has 1 nitrogen and oxygen atoms in total. The maximum Gasteiger partial charge on any atom is 0.200 e. The van der Waals surface area contributed by atoms with Crippen molar-refractivity contribution >= 4 is 0 Å². The largest absolute Gasteiger partial charge is 0.490 e. The van der Waals surface area contributed by atoms with Crippen LogP contribution in [-0.2, 0) is 19.3 Å². The van der Waals surface area contributed by atoms with E-state index in [2.05, 4.69) is 0 Å². The first-order valence-corrected chi connectivity index (χ1v) is 14.9. The van der Waals surface area contributed by atoms with E-state index in [1.807, 2.05) is 26.0 Å². The number of allylic oxidation sites excluding steroid dienone is 2. The molecule has 0 unspecified atom stereocenters. The summed E-state index contributed by atoms with van der Waals surface area (Å²) in [7, 11) is 0. The van der Waals surface area contributed by atoms with E-state index in [0.717, 1.165) is 12.8 Å². The molecule has 4 rings (SSSR count). The monoisotopic (exact) mass is 588 g/mol. The third-order valence-corrected chi connectivity index (χ3v) is 8.35. The standard InChI is InChI=1S/C35H38F6O/c1-3-5-7-8-24-15-18-27(33(39)30(24)36)22-9-11-23(12-10-22)28-19-16-25(31(37)34(28)40)13-14-26-17-20-29(35(41)32(26)38)42-21-6-4-2/h3,5,15-20,22-23H,4,6-14,21H2,1-2H3. The summed E-state index contributed by atoms with van der Waals surface area (Å²) in [6, 6.07) is 9.13. The first-order chi connectivity index (χ1) is 20.3. The Balaban J connectivity index is 1.38. The molecule has 1 aliphatic carbocycles. The van der Waals surface area contributed by atoms with Gasteiger partial charge in [-0.25, -0.2) is 22.0 Å². The summed E-state index contributed by atoms with van der Waals surface area (Å²) < 4.78 is 94.1. The maximum atomic E-state index is 15.2. The van der Waals surface area contributed by atoms with Gasteiger partial charge in [0, 0.05) is 0 Å². The number of unbranched alkanes of at least 4 members (excludes halogenated alkanes) is 1. The number of hydrogen-bond acceptors (Lipinski definition) is 1. The second-order valence-electron chi connectivity index (χ2n) is 11.1. The zero-order valence-electron chi connectivity index (χ0n) is 24.2. The van der Waals surface area contributed by atoms with Gasteiger partial charge in [-0.1, -0.05) is 55.8 Å². The SMILES string of the molecule is CC=CCCc1ccc(C2CCC(c3ccc(CCc4ccc(OCCCC)c(F)c4F)c(F)c3F)CC2)c(F)c1F. The van der Waals surface area contributed by atoms with E-state index in [1.54, 1.807) is 18.2 Å². The Morgan fingerprint density at radius 3 is 1.62 bits per heavy atom. The fourth-order valence-corrected chi connectivity index (χ4v) is 5.82. The minimum atomic E-state index is -1.08. The average Bonchev–Trinajstić information content (AvgIpc) is 2.99. The molecule has 0 atom stereocenters. The van der Waals surface area contributed by atoms with Crippen molar-refractivity contribution in [2.45, 2.75) is 89.9 Å². The normalized spacial score (nSPS) is 17.2. The molecule has 42 heavy (non-hydrogen) atoms. The molecule has 7 heteroatoms. The molecule has 3 aromatic rings. The van der Waals surface area contributed by atoms with Gasteiger partial charge in [-0.05, 0) is 110 Å². The first-order valence-electron chi connectivity index (χ1n) is 14.9. The van der Waals surface area contributed by atoms with Gasteiger partial charge < -0.3 is 4.74 Å². The van der Waals surface area contributed by atoms with Crippen LogP contribution in [-0.4, -0.2) is 6.61 Å². The van der Waals surface area contributed by atoms with E-state index >= 15 is 8.78 Å². The van der Waals surface area contributed by atoms with Crippen LogP contribution in [0, 0.1) is 34.9 Å². The van der Waals surface area contributed by atoms with Crippen molar-refractivity contribution < 1.29 is 31.1 Å².